The van der Waals surface area contributed by atoms with Crippen molar-refractivity contribution in [3.8, 4) is 5.75 Å². The average molecular weight is 298 g/mol. The molecular weight excluding hydrogens is 280 g/mol. The topological polar surface area (TPSA) is 51.0 Å². The molecule has 1 aromatic heterocycles. The van der Waals surface area contributed by atoms with E-state index in [0.29, 0.717) is 5.69 Å². The Morgan fingerprint density at radius 1 is 1.10 bits per heavy atom. The first kappa shape index (κ1) is 13.9. The fourth-order valence-electron chi connectivity index (χ4n) is 2.22. The van der Waals surface area contributed by atoms with E-state index in [2.05, 4.69) is 23.2 Å². The van der Waals surface area contributed by atoms with Crippen LogP contribution in [0.5, 0.6) is 5.75 Å². The normalized spacial score (nSPS) is 11.2. The van der Waals surface area contributed by atoms with Crippen molar-refractivity contribution in [3.05, 3.63) is 48.5 Å². The largest absolute Gasteiger partial charge is 0.491 e. The molecule has 0 aliphatic carbocycles. The first-order chi connectivity index (χ1) is 10.1. The van der Waals surface area contributed by atoms with Crippen LogP contribution in [0.1, 0.15) is 13.8 Å². The number of benzene rings is 2. The van der Waals surface area contributed by atoms with Gasteiger partial charge >= 0.3 is 0 Å². The fraction of sp³-hybridized carbons (Fsp3) is 0.176. The number of hydrogen-bond donors (Lipinski definition) is 2. The average Bonchev–Trinajstić information content (AvgIpc) is 2.78. The number of nitrogen functional groups attached to an aromatic ring is 1. The van der Waals surface area contributed by atoms with E-state index < -0.39 is 0 Å². The molecule has 0 amide bonds. The van der Waals surface area contributed by atoms with Crippen LogP contribution in [0.25, 0.3) is 10.9 Å². The van der Waals surface area contributed by atoms with Crippen molar-refractivity contribution in [2.75, 3.05) is 5.73 Å². The first-order valence-corrected chi connectivity index (χ1v) is 7.74. The Labute approximate surface area is 128 Å². The number of aromatic amines is 1. The third kappa shape index (κ3) is 3.34. The maximum absolute atomic E-state index is 5.96. The molecule has 21 heavy (non-hydrogen) atoms. The molecule has 0 aliphatic heterocycles. The number of H-pyrrole nitrogens is 1. The summed E-state index contributed by atoms with van der Waals surface area (Å²) >= 11 is 1.65. The Morgan fingerprint density at radius 2 is 1.90 bits per heavy atom. The lowest BCUT2D eigenvalue weighted by Crippen LogP contribution is -2.05. The standard InChI is InChI=1S/C17H18N2OS/c1-11(2)20-14-8-13(18)9-15(10-14)21-17-7-12-5-3-4-6-16(12)19-17/h3-11,19H,18H2,1-2H3. The van der Waals surface area contributed by atoms with Crippen LogP contribution in [-0.4, -0.2) is 11.1 Å². The minimum atomic E-state index is 0.137. The highest BCUT2D eigenvalue weighted by atomic mass is 32.2. The van der Waals surface area contributed by atoms with Gasteiger partial charge in [-0.1, -0.05) is 30.0 Å². The SMILES string of the molecule is CC(C)Oc1cc(N)cc(Sc2cc3ccccc3[nH]2)c1. The molecule has 3 nitrogen and oxygen atoms in total. The van der Waals surface area contributed by atoms with Crippen LogP contribution < -0.4 is 10.5 Å². The number of rotatable bonds is 4. The molecular formula is C17H18N2OS. The molecule has 0 aliphatic rings. The number of hydrogen-bond acceptors (Lipinski definition) is 3. The minimum absolute atomic E-state index is 0.137. The molecule has 3 N–H and O–H groups in total. The van der Waals surface area contributed by atoms with Crippen molar-refractivity contribution in [1.82, 2.24) is 4.98 Å². The van der Waals surface area contributed by atoms with Gasteiger partial charge in [-0.15, -0.1) is 0 Å². The van der Waals surface area contributed by atoms with Gasteiger partial charge in [0.25, 0.3) is 0 Å². The summed E-state index contributed by atoms with van der Waals surface area (Å²) in [4.78, 5) is 4.47. The van der Waals surface area contributed by atoms with E-state index in [1.54, 1.807) is 11.8 Å². The van der Waals surface area contributed by atoms with E-state index in [1.165, 1.54) is 5.39 Å². The molecule has 0 unspecified atom stereocenters. The molecule has 0 radical (unpaired) electrons. The van der Waals surface area contributed by atoms with Crippen molar-refractivity contribution in [3.63, 3.8) is 0 Å². The summed E-state index contributed by atoms with van der Waals surface area (Å²) in [6.07, 6.45) is 0.137. The Kier molecular flexibility index (Phi) is 3.80. The molecule has 0 atom stereocenters. The van der Waals surface area contributed by atoms with Crippen LogP contribution >= 0.6 is 11.8 Å². The van der Waals surface area contributed by atoms with Crippen LogP contribution in [0.3, 0.4) is 0 Å². The van der Waals surface area contributed by atoms with Gasteiger partial charge in [0.1, 0.15) is 5.75 Å². The van der Waals surface area contributed by atoms with Crippen molar-refractivity contribution < 1.29 is 4.74 Å². The van der Waals surface area contributed by atoms with Gasteiger partial charge in [0.2, 0.25) is 0 Å². The van der Waals surface area contributed by atoms with Crippen LogP contribution in [0.2, 0.25) is 0 Å². The second-order valence-electron chi connectivity index (χ2n) is 5.23. The summed E-state index contributed by atoms with van der Waals surface area (Å²) in [6, 6.07) is 16.2. The van der Waals surface area contributed by atoms with Gasteiger partial charge in [-0.2, -0.15) is 0 Å². The Balaban J connectivity index is 1.88. The minimum Gasteiger partial charge on any atom is -0.491 e. The van der Waals surface area contributed by atoms with Gasteiger partial charge in [0.05, 0.1) is 11.1 Å². The Morgan fingerprint density at radius 3 is 2.67 bits per heavy atom. The third-order valence-corrected chi connectivity index (χ3v) is 3.92. The van der Waals surface area contributed by atoms with Crippen molar-refractivity contribution in [1.29, 1.82) is 0 Å². The summed E-state index contributed by atoms with van der Waals surface area (Å²) in [5.74, 6) is 0.809. The van der Waals surface area contributed by atoms with E-state index >= 15 is 0 Å². The monoisotopic (exact) mass is 298 g/mol. The molecule has 0 saturated heterocycles. The number of nitrogens with two attached hydrogens (primary N) is 1. The van der Waals surface area contributed by atoms with Crippen molar-refractivity contribution in [2.24, 2.45) is 0 Å². The number of aromatic nitrogens is 1. The number of para-hydroxylation sites is 1. The molecule has 2 aromatic carbocycles. The van der Waals surface area contributed by atoms with E-state index in [9.17, 15) is 0 Å². The highest BCUT2D eigenvalue weighted by Crippen LogP contribution is 2.33. The molecule has 0 bridgehead atoms. The fourth-order valence-corrected chi connectivity index (χ4v) is 3.19. The van der Waals surface area contributed by atoms with Crippen LogP contribution in [0.15, 0.2) is 58.5 Å². The molecule has 108 valence electrons. The van der Waals surface area contributed by atoms with Crippen molar-refractivity contribution in [2.45, 2.75) is 29.9 Å². The van der Waals surface area contributed by atoms with Crippen LogP contribution in [0.4, 0.5) is 5.69 Å². The van der Waals surface area contributed by atoms with Gasteiger partial charge in [0.15, 0.2) is 0 Å². The van der Waals surface area contributed by atoms with Crippen molar-refractivity contribution >= 4 is 28.4 Å². The second kappa shape index (κ2) is 5.74. The second-order valence-corrected chi connectivity index (χ2v) is 6.34. The van der Waals surface area contributed by atoms with Gasteiger partial charge in [-0.25, -0.2) is 0 Å². The summed E-state index contributed by atoms with van der Waals surface area (Å²) in [5, 5.41) is 2.31. The van der Waals surface area contributed by atoms with E-state index in [4.69, 9.17) is 10.5 Å². The summed E-state index contributed by atoms with van der Waals surface area (Å²) in [5.41, 5.74) is 7.82. The van der Waals surface area contributed by atoms with Gasteiger partial charge in [-0.3, -0.25) is 0 Å². The molecule has 0 spiro atoms. The Hall–Kier alpha value is -2.07. The van der Waals surface area contributed by atoms with Crippen LogP contribution in [-0.2, 0) is 0 Å². The van der Waals surface area contributed by atoms with Gasteiger partial charge in [-0.05, 0) is 38.1 Å². The molecule has 3 rings (SSSR count). The quantitative estimate of drug-likeness (QED) is 0.687. The van der Waals surface area contributed by atoms with Gasteiger partial charge in [0, 0.05) is 27.6 Å². The van der Waals surface area contributed by atoms with E-state index in [0.717, 1.165) is 21.2 Å². The highest BCUT2D eigenvalue weighted by molar-refractivity contribution is 7.99. The molecule has 0 fully saturated rings. The number of fused-ring (bicyclic) bond motifs is 1. The lowest BCUT2D eigenvalue weighted by atomic mass is 10.3. The first-order valence-electron chi connectivity index (χ1n) is 6.93. The van der Waals surface area contributed by atoms with E-state index in [-0.39, 0.29) is 6.10 Å². The number of ether oxygens (including phenoxy) is 1. The zero-order valence-electron chi connectivity index (χ0n) is 12.1. The van der Waals surface area contributed by atoms with Gasteiger partial charge < -0.3 is 15.5 Å². The molecule has 3 aromatic rings. The maximum Gasteiger partial charge on any atom is 0.122 e. The predicted molar refractivity (Wildman–Crippen MR) is 89.0 cm³/mol. The molecule has 1 heterocycles. The lowest BCUT2D eigenvalue weighted by Gasteiger charge is -2.11. The van der Waals surface area contributed by atoms with Crippen LogP contribution in [0, 0.1) is 0 Å². The van der Waals surface area contributed by atoms with E-state index in [1.807, 2.05) is 44.2 Å². The maximum atomic E-state index is 5.96. The zero-order valence-corrected chi connectivity index (χ0v) is 12.9. The smallest absolute Gasteiger partial charge is 0.122 e. The summed E-state index contributed by atoms with van der Waals surface area (Å²) in [6.45, 7) is 4.02. The Bertz CT molecular complexity index is 731. The number of anilines is 1. The number of nitrogens with one attached hydrogen (secondary N) is 1. The zero-order chi connectivity index (χ0) is 14.8. The molecule has 0 saturated carbocycles. The summed E-state index contributed by atoms with van der Waals surface area (Å²) < 4.78 is 5.73. The summed E-state index contributed by atoms with van der Waals surface area (Å²) in [7, 11) is 0. The third-order valence-electron chi connectivity index (χ3n) is 3.01. The predicted octanol–water partition coefficient (Wildman–Crippen LogP) is 4.69. The lowest BCUT2D eigenvalue weighted by molar-refractivity contribution is 0.242. The highest BCUT2D eigenvalue weighted by Gasteiger charge is 2.06. The molecule has 4 heteroatoms.